The zero-order chi connectivity index (χ0) is 12.1. The monoisotopic (exact) mass is 222 g/mol. The van der Waals surface area contributed by atoms with E-state index in [1.165, 1.54) is 11.1 Å². The molecule has 1 rings (SSSR count). The molecular formula is C14H22O2. The summed E-state index contributed by atoms with van der Waals surface area (Å²) in [6.45, 7) is 9.08. The van der Waals surface area contributed by atoms with E-state index in [2.05, 4.69) is 39.0 Å². The SMILES string of the molecule is COCC(C)Oc1cc(C(C)C)ccc1C. The fourth-order valence-corrected chi connectivity index (χ4v) is 1.59. The molecule has 0 aromatic heterocycles. The third kappa shape index (κ3) is 3.53. The summed E-state index contributed by atoms with van der Waals surface area (Å²) in [5.74, 6) is 1.50. The van der Waals surface area contributed by atoms with Gasteiger partial charge in [-0.25, -0.2) is 0 Å². The average molecular weight is 222 g/mol. The fraction of sp³-hybridized carbons (Fsp3) is 0.571. The van der Waals surface area contributed by atoms with E-state index in [4.69, 9.17) is 9.47 Å². The maximum Gasteiger partial charge on any atom is 0.123 e. The first-order valence-corrected chi connectivity index (χ1v) is 5.80. The molecule has 16 heavy (non-hydrogen) atoms. The summed E-state index contributed by atoms with van der Waals surface area (Å²) in [6.07, 6.45) is 0.0890. The zero-order valence-electron chi connectivity index (χ0n) is 10.9. The first-order chi connectivity index (χ1) is 7.54. The van der Waals surface area contributed by atoms with E-state index in [1.807, 2.05) is 6.92 Å². The molecule has 0 amide bonds. The van der Waals surface area contributed by atoms with Gasteiger partial charge in [0, 0.05) is 7.11 Å². The average Bonchev–Trinajstić information content (AvgIpc) is 2.21. The van der Waals surface area contributed by atoms with Crippen molar-refractivity contribution in [3.05, 3.63) is 29.3 Å². The quantitative estimate of drug-likeness (QED) is 0.758. The Kier molecular flexibility index (Phi) is 4.81. The highest BCUT2D eigenvalue weighted by Crippen LogP contribution is 2.25. The van der Waals surface area contributed by atoms with Crippen molar-refractivity contribution >= 4 is 0 Å². The largest absolute Gasteiger partial charge is 0.488 e. The smallest absolute Gasteiger partial charge is 0.123 e. The Morgan fingerprint density at radius 3 is 2.44 bits per heavy atom. The van der Waals surface area contributed by atoms with Crippen molar-refractivity contribution in [1.29, 1.82) is 0 Å². The van der Waals surface area contributed by atoms with Gasteiger partial charge < -0.3 is 9.47 Å². The highest BCUT2D eigenvalue weighted by Gasteiger charge is 2.08. The first kappa shape index (κ1) is 13.0. The summed E-state index contributed by atoms with van der Waals surface area (Å²) in [4.78, 5) is 0. The lowest BCUT2D eigenvalue weighted by Crippen LogP contribution is -2.18. The van der Waals surface area contributed by atoms with Gasteiger partial charge in [-0.1, -0.05) is 26.0 Å². The van der Waals surface area contributed by atoms with Crippen molar-refractivity contribution in [2.24, 2.45) is 0 Å². The fourth-order valence-electron chi connectivity index (χ4n) is 1.59. The van der Waals surface area contributed by atoms with Crippen molar-refractivity contribution in [2.75, 3.05) is 13.7 Å². The molecule has 0 saturated heterocycles. The van der Waals surface area contributed by atoms with E-state index in [0.29, 0.717) is 12.5 Å². The molecule has 0 radical (unpaired) electrons. The van der Waals surface area contributed by atoms with Crippen LogP contribution in [0.5, 0.6) is 5.75 Å². The highest BCUT2D eigenvalue weighted by molar-refractivity contribution is 5.37. The lowest BCUT2D eigenvalue weighted by atomic mass is 10.0. The summed E-state index contributed by atoms with van der Waals surface area (Å²) in [5.41, 5.74) is 2.48. The van der Waals surface area contributed by atoms with Crippen LogP contribution in [0.15, 0.2) is 18.2 Å². The first-order valence-electron chi connectivity index (χ1n) is 5.80. The lowest BCUT2D eigenvalue weighted by Gasteiger charge is -2.17. The molecule has 90 valence electrons. The molecule has 0 aliphatic carbocycles. The van der Waals surface area contributed by atoms with Gasteiger partial charge in [0.05, 0.1) is 6.61 Å². The van der Waals surface area contributed by atoms with Crippen molar-refractivity contribution < 1.29 is 9.47 Å². The molecule has 1 aromatic carbocycles. The number of hydrogen-bond acceptors (Lipinski definition) is 2. The second kappa shape index (κ2) is 5.90. The van der Waals surface area contributed by atoms with Gasteiger partial charge in [-0.05, 0) is 37.0 Å². The summed E-state index contributed by atoms with van der Waals surface area (Å²) in [6, 6.07) is 6.41. The minimum Gasteiger partial charge on any atom is -0.488 e. The van der Waals surface area contributed by atoms with E-state index in [1.54, 1.807) is 7.11 Å². The van der Waals surface area contributed by atoms with Gasteiger partial charge >= 0.3 is 0 Å². The highest BCUT2D eigenvalue weighted by atomic mass is 16.5. The van der Waals surface area contributed by atoms with Gasteiger partial charge in [-0.15, -0.1) is 0 Å². The van der Waals surface area contributed by atoms with Crippen molar-refractivity contribution in [3.8, 4) is 5.75 Å². The summed E-state index contributed by atoms with van der Waals surface area (Å²) >= 11 is 0. The third-order valence-corrected chi connectivity index (χ3v) is 2.61. The van der Waals surface area contributed by atoms with Crippen LogP contribution in [0.2, 0.25) is 0 Å². The minimum absolute atomic E-state index is 0.0890. The van der Waals surface area contributed by atoms with Crippen LogP contribution < -0.4 is 4.74 Å². The van der Waals surface area contributed by atoms with Crippen molar-refractivity contribution in [3.63, 3.8) is 0 Å². The molecule has 0 aliphatic rings. The third-order valence-electron chi connectivity index (χ3n) is 2.61. The molecule has 0 heterocycles. The van der Waals surface area contributed by atoms with Crippen LogP contribution in [0, 0.1) is 6.92 Å². The van der Waals surface area contributed by atoms with Gasteiger partial charge in [0.1, 0.15) is 11.9 Å². The van der Waals surface area contributed by atoms with E-state index < -0.39 is 0 Å². The normalized spacial score (nSPS) is 12.9. The van der Waals surface area contributed by atoms with Crippen LogP contribution >= 0.6 is 0 Å². The molecule has 1 atom stereocenters. The number of ether oxygens (including phenoxy) is 2. The Labute approximate surface area is 98.6 Å². The Hall–Kier alpha value is -1.02. The molecule has 2 heteroatoms. The predicted octanol–water partition coefficient (Wildman–Crippen LogP) is 3.53. The maximum absolute atomic E-state index is 5.85. The molecule has 0 bridgehead atoms. The van der Waals surface area contributed by atoms with Crippen LogP contribution in [0.25, 0.3) is 0 Å². The van der Waals surface area contributed by atoms with E-state index >= 15 is 0 Å². The van der Waals surface area contributed by atoms with Gasteiger partial charge in [-0.2, -0.15) is 0 Å². The van der Waals surface area contributed by atoms with Crippen LogP contribution in [0.3, 0.4) is 0 Å². The molecule has 0 fully saturated rings. The van der Waals surface area contributed by atoms with Crippen LogP contribution in [-0.4, -0.2) is 19.8 Å². The standard InChI is InChI=1S/C14H22O2/c1-10(2)13-7-6-11(3)14(8-13)16-12(4)9-15-5/h6-8,10,12H,9H2,1-5H3. The Bertz CT molecular complexity index is 332. The molecule has 1 aromatic rings. The zero-order valence-corrected chi connectivity index (χ0v) is 10.9. The van der Waals surface area contributed by atoms with Crippen molar-refractivity contribution in [1.82, 2.24) is 0 Å². The molecule has 1 unspecified atom stereocenters. The molecule has 0 saturated carbocycles. The van der Waals surface area contributed by atoms with Gasteiger partial charge in [0.25, 0.3) is 0 Å². The Morgan fingerprint density at radius 2 is 1.88 bits per heavy atom. The van der Waals surface area contributed by atoms with Crippen LogP contribution in [-0.2, 0) is 4.74 Å². The maximum atomic E-state index is 5.85. The minimum atomic E-state index is 0.0890. The van der Waals surface area contributed by atoms with Crippen LogP contribution in [0.4, 0.5) is 0 Å². The van der Waals surface area contributed by atoms with Crippen LogP contribution in [0.1, 0.15) is 37.8 Å². The van der Waals surface area contributed by atoms with E-state index in [-0.39, 0.29) is 6.10 Å². The topological polar surface area (TPSA) is 18.5 Å². The molecular weight excluding hydrogens is 200 g/mol. The van der Waals surface area contributed by atoms with E-state index in [0.717, 1.165) is 5.75 Å². The summed E-state index contributed by atoms with van der Waals surface area (Å²) < 4.78 is 10.9. The lowest BCUT2D eigenvalue weighted by molar-refractivity contribution is 0.0915. The second-order valence-electron chi connectivity index (χ2n) is 4.56. The Balaban J connectivity index is 2.81. The van der Waals surface area contributed by atoms with E-state index in [9.17, 15) is 0 Å². The number of aryl methyl sites for hydroxylation is 1. The summed E-state index contributed by atoms with van der Waals surface area (Å²) in [5, 5.41) is 0. The predicted molar refractivity (Wildman–Crippen MR) is 67.2 cm³/mol. The Morgan fingerprint density at radius 1 is 1.19 bits per heavy atom. The molecule has 0 N–H and O–H groups in total. The second-order valence-corrected chi connectivity index (χ2v) is 4.56. The molecule has 2 nitrogen and oxygen atoms in total. The number of methoxy groups -OCH3 is 1. The summed E-state index contributed by atoms with van der Waals surface area (Å²) in [7, 11) is 1.69. The van der Waals surface area contributed by atoms with Gasteiger partial charge in [0.2, 0.25) is 0 Å². The molecule has 0 aliphatic heterocycles. The number of hydrogen-bond donors (Lipinski definition) is 0. The van der Waals surface area contributed by atoms with Gasteiger partial charge in [0.15, 0.2) is 0 Å². The number of rotatable bonds is 5. The molecule has 0 spiro atoms. The number of benzene rings is 1. The van der Waals surface area contributed by atoms with Gasteiger partial charge in [-0.3, -0.25) is 0 Å². The van der Waals surface area contributed by atoms with Crippen molar-refractivity contribution in [2.45, 2.75) is 39.7 Å².